The van der Waals surface area contributed by atoms with Gasteiger partial charge in [-0.2, -0.15) is 5.26 Å². The predicted octanol–water partition coefficient (Wildman–Crippen LogP) is 1.72. The molecule has 0 saturated carbocycles. The van der Waals surface area contributed by atoms with E-state index in [0.29, 0.717) is 0 Å². The number of nitriles is 1. The summed E-state index contributed by atoms with van der Waals surface area (Å²) in [6.07, 6.45) is 1.86. The first-order valence-electron chi connectivity index (χ1n) is 3.34. The van der Waals surface area contributed by atoms with Crippen LogP contribution in [0.25, 0.3) is 0 Å². The summed E-state index contributed by atoms with van der Waals surface area (Å²) in [5.41, 5.74) is 0. The second-order valence-electron chi connectivity index (χ2n) is 2.15. The summed E-state index contributed by atoms with van der Waals surface area (Å²) in [5, 5.41) is 7.82. The molecule has 0 fully saturated rings. The van der Waals surface area contributed by atoms with Gasteiger partial charge in [0, 0.05) is 14.1 Å². The summed E-state index contributed by atoms with van der Waals surface area (Å²) in [6.45, 7) is 0. The molecule has 0 atom stereocenters. The fourth-order valence-corrected chi connectivity index (χ4v) is 0.385. The molecule has 0 bridgehead atoms. The first kappa shape index (κ1) is 9.51. The fourth-order valence-electron chi connectivity index (χ4n) is 0.385. The van der Waals surface area contributed by atoms with Crippen LogP contribution in [0.3, 0.4) is 0 Å². The third-order valence-corrected chi connectivity index (χ3v) is 0.867. The molecule has 1 rings (SSSR count). The highest BCUT2D eigenvalue weighted by atomic mass is 15.0. The summed E-state index contributed by atoms with van der Waals surface area (Å²) in [5.74, 6) is 0. The van der Waals surface area contributed by atoms with Crippen molar-refractivity contribution in [3.63, 3.8) is 0 Å². The summed E-state index contributed by atoms with van der Waals surface area (Å²) in [4.78, 5) is 1.43. The van der Waals surface area contributed by atoms with Gasteiger partial charge in [0.1, 0.15) is 0 Å². The molecule has 0 aliphatic rings. The minimum Gasteiger partial charge on any atom is -0.317 e. The van der Waals surface area contributed by atoms with Crippen molar-refractivity contribution in [3.8, 4) is 6.19 Å². The van der Waals surface area contributed by atoms with Crippen LogP contribution in [-0.4, -0.2) is 19.0 Å². The van der Waals surface area contributed by atoms with Gasteiger partial charge in [-0.15, -0.1) is 0 Å². The van der Waals surface area contributed by atoms with Crippen LogP contribution >= 0.6 is 0 Å². The molecule has 0 heterocycles. The van der Waals surface area contributed by atoms with Crippen LogP contribution in [0.2, 0.25) is 0 Å². The maximum atomic E-state index is 7.82. The third-order valence-electron chi connectivity index (χ3n) is 0.867. The minimum absolute atomic E-state index is 1.43. The topological polar surface area (TPSA) is 27.0 Å². The lowest BCUT2D eigenvalue weighted by molar-refractivity contribution is 0.585. The molecular formula is C9H12N2. The van der Waals surface area contributed by atoms with E-state index >= 15 is 0 Å². The smallest absolute Gasteiger partial charge is 0.178 e. The second-order valence-corrected chi connectivity index (χ2v) is 2.15. The lowest BCUT2D eigenvalue weighted by Gasteiger charge is -1.89. The van der Waals surface area contributed by atoms with Crippen LogP contribution in [0.4, 0.5) is 0 Å². The van der Waals surface area contributed by atoms with Crippen LogP contribution in [-0.2, 0) is 0 Å². The van der Waals surface area contributed by atoms with Crippen molar-refractivity contribution >= 4 is 0 Å². The largest absolute Gasteiger partial charge is 0.317 e. The highest BCUT2D eigenvalue weighted by Gasteiger charge is 1.67. The molecule has 0 spiro atoms. The van der Waals surface area contributed by atoms with Gasteiger partial charge >= 0.3 is 0 Å². The Morgan fingerprint density at radius 3 is 1.18 bits per heavy atom. The van der Waals surface area contributed by atoms with Crippen molar-refractivity contribution < 1.29 is 0 Å². The van der Waals surface area contributed by atoms with Crippen molar-refractivity contribution in [2.45, 2.75) is 0 Å². The lowest BCUT2D eigenvalue weighted by atomic mass is 10.4. The SMILES string of the molecule is CN(C)C#N.c1ccccc1. The first-order valence-corrected chi connectivity index (χ1v) is 3.34. The van der Waals surface area contributed by atoms with Crippen molar-refractivity contribution in [1.29, 1.82) is 5.26 Å². The van der Waals surface area contributed by atoms with Gasteiger partial charge in [0.15, 0.2) is 6.19 Å². The summed E-state index contributed by atoms with van der Waals surface area (Å²) >= 11 is 0. The van der Waals surface area contributed by atoms with E-state index in [0.717, 1.165) is 0 Å². The highest BCUT2D eigenvalue weighted by molar-refractivity contribution is 4.99. The average molecular weight is 148 g/mol. The zero-order valence-corrected chi connectivity index (χ0v) is 6.86. The van der Waals surface area contributed by atoms with Gasteiger partial charge in [0.25, 0.3) is 0 Å². The van der Waals surface area contributed by atoms with Gasteiger partial charge in [-0.25, -0.2) is 0 Å². The molecule has 0 saturated heterocycles. The molecule has 0 aromatic heterocycles. The van der Waals surface area contributed by atoms with Crippen LogP contribution in [0.5, 0.6) is 0 Å². The Bertz CT molecular complexity index is 172. The number of rotatable bonds is 0. The van der Waals surface area contributed by atoms with Crippen LogP contribution in [0.15, 0.2) is 36.4 Å². The molecule has 0 unspecified atom stereocenters. The maximum Gasteiger partial charge on any atom is 0.178 e. The Hall–Kier alpha value is -1.49. The zero-order valence-electron chi connectivity index (χ0n) is 6.86. The van der Waals surface area contributed by atoms with Gasteiger partial charge in [0.2, 0.25) is 0 Å². The van der Waals surface area contributed by atoms with Crippen molar-refractivity contribution in [1.82, 2.24) is 4.90 Å². The molecule has 0 radical (unpaired) electrons. The molecular weight excluding hydrogens is 136 g/mol. The molecule has 11 heavy (non-hydrogen) atoms. The van der Waals surface area contributed by atoms with E-state index in [1.165, 1.54) is 4.90 Å². The van der Waals surface area contributed by atoms with E-state index < -0.39 is 0 Å². The van der Waals surface area contributed by atoms with Crippen LogP contribution < -0.4 is 0 Å². The van der Waals surface area contributed by atoms with E-state index in [1.807, 2.05) is 42.6 Å². The third kappa shape index (κ3) is 8.51. The van der Waals surface area contributed by atoms with Gasteiger partial charge in [-0.1, -0.05) is 36.4 Å². The van der Waals surface area contributed by atoms with Crippen LogP contribution in [0, 0.1) is 11.5 Å². The number of benzene rings is 1. The molecule has 0 aliphatic carbocycles. The minimum atomic E-state index is 1.43. The Kier molecular flexibility index (Phi) is 5.73. The molecule has 1 aromatic carbocycles. The monoisotopic (exact) mass is 148 g/mol. The lowest BCUT2D eigenvalue weighted by Crippen LogP contribution is -1.99. The van der Waals surface area contributed by atoms with Crippen LogP contribution in [0.1, 0.15) is 0 Å². The molecule has 58 valence electrons. The molecule has 0 aliphatic heterocycles. The zero-order chi connectivity index (χ0) is 8.53. The Morgan fingerprint density at radius 1 is 0.909 bits per heavy atom. The number of nitrogens with zero attached hydrogens (tertiary/aromatic N) is 2. The van der Waals surface area contributed by atoms with Crippen molar-refractivity contribution in [3.05, 3.63) is 36.4 Å². The van der Waals surface area contributed by atoms with E-state index in [4.69, 9.17) is 5.26 Å². The summed E-state index contributed by atoms with van der Waals surface area (Å²) in [7, 11) is 3.39. The van der Waals surface area contributed by atoms with E-state index in [2.05, 4.69) is 0 Å². The van der Waals surface area contributed by atoms with Gasteiger partial charge in [0.05, 0.1) is 0 Å². The quantitative estimate of drug-likeness (QED) is 0.413. The standard InChI is InChI=1S/C6H6.C3H6N2/c1-2-4-6-5-3-1;1-5(2)3-4/h1-6H;1-2H3. The van der Waals surface area contributed by atoms with E-state index in [1.54, 1.807) is 14.1 Å². The Labute approximate surface area is 67.7 Å². The van der Waals surface area contributed by atoms with E-state index in [-0.39, 0.29) is 0 Å². The summed E-state index contributed by atoms with van der Waals surface area (Å²) < 4.78 is 0. The Morgan fingerprint density at radius 2 is 1.09 bits per heavy atom. The van der Waals surface area contributed by atoms with Crippen molar-refractivity contribution in [2.24, 2.45) is 0 Å². The number of hydrogen-bond donors (Lipinski definition) is 0. The normalized spacial score (nSPS) is 7.00. The molecule has 0 amide bonds. The van der Waals surface area contributed by atoms with Crippen molar-refractivity contribution in [2.75, 3.05) is 14.1 Å². The van der Waals surface area contributed by atoms with Gasteiger partial charge < -0.3 is 4.90 Å². The molecule has 2 heteroatoms. The first-order chi connectivity index (χ1) is 5.27. The molecule has 0 N–H and O–H groups in total. The number of hydrogen-bond acceptors (Lipinski definition) is 2. The summed E-state index contributed by atoms with van der Waals surface area (Å²) in [6, 6.07) is 12.0. The fraction of sp³-hybridized carbons (Fsp3) is 0.222. The van der Waals surface area contributed by atoms with Gasteiger partial charge in [-0.05, 0) is 0 Å². The predicted molar refractivity (Wildman–Crippen MR) is 45.7 cm³/mol. The maximum absolute atomic E-state index is 7.82. The van der Waals surface area contributed by atoms with E-state index in [9.17, 15) is 0 Å². The highest BCUT2D eigenvalue weighted by Crippen LogP contribution is 1.79. The molecule has 2 nitrogen and oxygen atoms in total. The Balaban J connectivity index is 0.000000187. The second kappa shape index (κ2) is 6.63. The molecule has 1 aromatic rings. The van der Waals surface area contributed by atoms with Gasteiger partial charge in [-0.3, -0.25) is 0 Å². The average Bonchev–Trinajstić information content (AvgIpc) is 2.09.